The first-order valence-corrected chi connectivity index (χ1v) is 8.96. The van der Waals surface area contributed by atoms with Crippen LogP contribution in [-0.4, -0.2) is 48.4 Å². The van der Waals surface area contributed by atoms with Gasteiger partial charge in [-0.05, 0) is 42.7 Å². The van der Waals surface area contributed by atoms with Gasteiger partial charge in [-0.15, -0.1) is 0 Å². The van der Waals surface area contributed by atoms with Crippen LogP contribution in [0.5, 0.6) is 5.75 Å². The molecule has 1 aliphatic heterocycles. The summed E-state index contributed by atoms with van der Waals surface area (Å²) in [5.74, 6) is 0.980. The zero-order chi connectivity index (χ0) is 17.6. The van der Waals surface area contributed by atoms with Gasteiger partial charge < -0.3 is 20.1 Å². The van der Waals surface area contributed by atoms with Crippen molar-refractivity contribution in [3.8, 4) is 5.75 Å². The third-order valence-electron chi connectivity index (χ3n) is 4.80. The summed E-state index contributed by atoms with van der Waals surface area (Å²) in [4.78, 5) is 14.0. The summed E-state index contributed by atoms with van der Waals surface area (Å²) in [6.45, 7) is 4.05. The molecule has 134 valence electrons. The van der Waals surface area contributed by atoms with Gasteiger partial charge in [0.25, 0.3) is 0 Å². The second-order valence-corrected chi connectivity index (χ2v) is 6.68. The van der Waals surface area contributed by atoms with Crippen molar-refractivity contribution in [2.24, 2.45) is 5.92 Å². The van der Waals surface area contributed by atoms with Crippen molar-refractivity contribution in [2.75, 3.05) is 26.2 Å². The lowest BCUT2D eigenvalue weighted by Crippen LogP contribution is -2.48. The maximum atomic E-state index is 12.2. The van der Waals surface area contributed by atoms with Crippen LogP contribution in [0.4, 0.5) is 4.79 Å². The molecule has 2 N–H and O–H groups in total. The normalized spacial score (nSPS) is 18.8. The SMILES string of the molecule is C[C@@H](O)[C@H]1CCCN(C(=O)NCCOc2ccc3ccccc3c2)C1. The molecule has 0 unspecified atom stereocenters. The number of carbonyl (C=O) groups excluding carboxylic acids is 1. The molecule has 1 aliphatic rings. The number of ether oxygens (including phenoxy) is 1. The number of fused-ring (bicyclic) bond motifs is 1. The Bertz CT molecular complexity index is 717. The molecule has 0 aliphatic carbocycles. The largest absolute Gasteiger partial charge is 0.492 e. The topological polar surface area (TPSA) is 61.8 Å². The Balaban J connectivity index is 1.43. The lowest BCUT2D eigenvalue weighted by atomic mass is 9.94. The van der Waals surface area contributed by atoms with Crippen molar-refractivity contribution in [1.29, 1.82) is 0 Å². The molecule has 3 rings (SSSR count). The van der Waals surface area contributed by atoms with E-state index in [9.17, 15) is 9.90 Å². The highest BCUT2D eigenvalue weighted by molar-refractivity contribution is 5.83. The van der Waals surface area contributed by atoms with E-state index in [1.54, 1.807) is 11.8 Å². The molecular formula is C20H26N2O3. The number of nitrogens with zero attached hydrogens (tertiary/aromatic N) is 1. The first-order valence-electron chi connectivity index (χ1n) is 8.96. The number of nitrogens with one attached hydrogen (secondary N) is 1. The van der Waals surface area contributed by atoms with Crippen LogP contribution in [0.1, 0.15) is 19.8 Å². The zero-order valence-corrected chi connectivity index (χ0v) is 14.6. The fraction of sp³-hybridized carbons (Fsp3) is 0.450. The minimum Gasteiger partial charge on any atom is -0.492 e. The van der Waals surface area contributed by atoms with E-state index >= 15 is 0 Å². The number of likely N-dealkylation sites (tertiary alicyclic amines) is 1. The van der Waals surface area contributed by atoms with Crippen molar-refractivity contribution in [3.63, 3.8) is 0 Å². The second kappa shape index (κ2) is 8.21. The summed E-state index contributed by atoms with van der Waals surface area (Å²) in [6.07, 6.45) is 1.55. The van der Waals surface area contributed by atoms with Crippen molar-refractivity contribution in [2.45, 2.75) is 25.9 Å². The van der Waals surface area contributed by atoms with Crippen LogP contribution < -0.4 is 10.1 Å². The summed E-state index contributed by atoms with van der Waals surface area (Å²) in [6, 6.07) is 14.1. The highest BCUT2D eigenvalue weighted by Crippen LogP contribution is 2.21. The number of rotatable bonds is 5. The summed E-state index contributed by atoms with van der Waals surface area (Å²) in [5.41, 5.74) is 0. The average molecular weight is 342 g/mol. The minimum atomic E-state index is -0.369. The van der Waals surface area contributed by atoms with E-state index in [0.717, 1.165) is 30.5 Å². The van der Waals surface area contributed by atoms with E-state index in [2.05, 4.69) is 17.4 Å². The molecule has 0 aromatic heterocycles. The molecule has 5 nitrogen and oxygen atoms in total. The van der Waals surface area contributed by atoms with Gasteiger partial charge in [-0.2, -0.15) is 0 Å². The molecule has 2 aromatic rings. The quantitative estimate of drug-likeness (QED) is 0.821. The minimum absolute atomic E-state index is 0.0764. The molecule has 5 heteroatoms. The van der Waals surface area contributed by atoms with Crippen LogP contribution in [0.3, 0.4) is 0 Å². The second-order valence-electron chi connectivity index (χ2n) is 6.68. The van der Waals surface area contributed by atoms with Gasteiger partial charge >= 0.3 is 6.03 Å². The van der Waals surface area contributed by atoms with Gasteiger partial charge in [0.1, 0.15) is 12.4 Å². The Kier molecular flexibility index (Phi) is 5.76. The molecule has 0 spiro atoms. The lowest BCUT2D eigenvalue weighted by molar-refractivity contribution is 0.0737. The van der Waals surface area contributed by atoms with E-state index in [0.29, 0.717) is 19.7 Å². The lowest BCUT2D eigenvalue weighted by Gasteiger charge is -2.34. The van der Waals surface area contributed by atoms with E-state index in [1.165, 1.54) is 5.39 Å². The number of aliphatic hydroxyl groups excluding tert-OH is 1. The van der Waals surface area contributed by atoms with Crippen LogP contribution in [0.2, 0.25) is 0 Å². The van der Waals surface area contributed by atoms with Crippen LogP contribution in [0.25, 0.3) is 10.8 Å². The highest BCUT2D eigenvalue weighted by atomic mass is 16.5. The molecule has 0 radical (unpaired) electrons. The molecule has 1 saturated heterocycles. The third kappa shape index (κ3) is 4.63. The van der Waals surface area contributed by atoms with Crippen molar-refractivity contribution in [1.82, 2.24) is 10.2 Å². The molecule has 0 bridgehead atoms. The molecule has 25 heavy (non-hydrogen) atoms. The summed E-state index contributed by atoms with van der Waals surface area (Å²) >= 11 is 0. The first-order chi connectivity index (χ1) is 12.1. The molecule has 2 aromatic carbocycles. The number of benzene rings is 2. The molecule has 2 atom stereocenters. The zero-order valence-electron chi connectivity index (χ0n) is 14.6. The Hall–Kier alpha value is -2.27. The molecule has 2 amide bonds. The predicted octanol–water partition coefficient (Wildman–Crippen LogP) is 3.02. The van der Waals surface area contributed by atoms with Gasteiger partial charge in [0.05, 0.1) is 12.6 Å². The predicted molar refractivity (Wildman–Crippen MR) is 98.8 cm³/mol. The fourth-order valence-electron chi connectivity index (χ4n) is 3.28. The number of carbonyl (C=O) groups is 1. The van der Waals surface area contributed by atoms with Gasteiger partial charge in [0, 0.05) is 19.0 Å². The molecule has 0 saturated carbocycles. The average Bonchev–Trinajstić information content (AvgIpc) is 2.65. The van der Waals surface area contributed by atoms with Gasteiger partial charge in [-0.3, -0.25) is 0 Å². The Labute approximate surface area is 148 Å². The Morgan fingerprint density at radius 2 is 2.12 bits per heavy atom. The van der Waals surface area contributed by atoms with Gasteiger partial charge in [0.15, 0.2) is 0 Å². The number of hydrogen-bond donors (Lipinski definition) is 2. The maximum Gasteiger partial charge on any atom is 0.317 e. The van der Waals surface area contributed by atoms with Gasteiger partial charge in [0.2, 0.25) is 0 Å². The first kappa shape index (κ1) is 17.5. The van der Waals surface area contributed by atoms with Crippen molar-refractivity contribution < 1.29 is 14.6 Å². The van der Waals surface area contributed by atoms with Crippen LogP contribution in [0, 0.1) is 5.92 Å². The Morgan fingerprint density at radius 3 is 2.92 bits per heavy atom. The molecule has 1 heterocycles. The van der Waals surface area contributed by atoms with E-state index < -0.39 is 0 Å². The maximum absolute atomic E-state index is 12.2. The third-order valence-corrected chi connectivity index (χ3v) is 4.80. The van der Waals surface area contributed by atoms with Crippen LogP contribution in [0.15, 0.2) is 42.5 Å². The van der Waals surface area contributed by atoms with Crippen LogP contribution >= 0.6 is 0 Å². The number of urea groups is 1. The Morgan fingerprint density at radius 1 is 1.32 bits per heavy atom. The summed E-state index contributed by atoms with van der Waals surface area (Å²) in [7, 11) is 0. The highest BCUT2D eigenvalue weighted by Gasteiger charge is 2.26. The van der Waals surface area contributed by atoms with Crippen molar-refractivity contribution >= 4 is 16.8 Å². The smallest absolute Gasteiger partial charge is 0.317 e. The number of amides is 2. The standard InChI is InChI=1S/C20H26N2O3/c1-15(23)18-7-4-11-22(14-18)20(24)21-10-12-25-19-9-8-16-5-2-3-6-17(16)13-19/h2-3,5-6,8-9,13,15,18,23H,4,7,10-12,14H2,1H3,(H,21,24)/t15-,18+/m1/s1. The fourth-order valence-corrected chi connectivity index (χ4v) is 3.28. The monoisotopic (exact) mass is 342 g/mol. The van der Waals surface area contributed by atoms with E-state index in [1.807, 2.05) is 30.3 Å². The van der Waals surface area contributed by atoms with E-state index in [-0.39, 0.29) is 18.1 Å². The molecule has 1 fully saturated rings. The number of hydrogen-bond acceptors (Lipinski definition) is 3. The van der Waals surface area contributed by atoms with Crippen LogP contribution in [-0.2, 0) is 0 Å². The van der Waals surface area contributed by atoms with Gasteiger partial charge in [-0.1, -0.05) is 30.3 Å². The van der Waals surface area contributed by atoms with Crippen molar-refractivity contribution in [3.05, 3.63) is 42.5 Å². The van der Waals surface area contributed by atoms with Gasteiger partial charge in [-0.25, -0.2) is 4.79 Å². The summed E-state index contributed by atoms with van der Waals surface area (Å²) in [5, 5.41) is 14.9. The van der Waals surface area contributed by atoms with E-state index in [4.69, 9.17) is 4.74 Å². The summed E-state index contributed by atoms with van der Waals surface area (Å²) < 4.78 is 5.74. The number of piperidine rings is 1. The number of aliphatic hydroxyl groups is 1. The molecular weight excluding hydrogens is 316 g/mol.